The van der Waals surface area contributed by atoms with Crippen LogP contribution in [-0.4, -0.2) is 51.6 Å². The molecular weight excluding hydrogens is 356 g/mol. The van der Waals surface area contributed by atoms with Gasteiger partial charge in [-0.15, -0.1) is 0 Å². The van der Waals surface area contributed by atoms with E-state index < -0.39 is 12.2 Å². The number of alkyl carbamates (subject to hydrolysis) is 2. The predicted molar refractivity (Wildman–Crippen MR) is 98.9 cm³/mol. The van der Waals surface area contributed by atoms with Crippen molar-refractivity contribution in [1.82, 2.24) is 10.6 Å². The molecule has 0 aromatic carbocycles. The molecule has 152 valence electrons. The molecule has 27 heavy (non-hydrogen) atoms. The predicted octanol–water partition coefficient (Wildman–Crippen LogP) is 3.50. The van der Waals surface area contributed by atoms with E-state index in [9.17, 15) is 9.59 Å². The second-order valence-electron chi connectivity index (χ2n) is 6.72. The maximum absolute atomic E-state index is 11.6. The first-order chi connectivity index (χ1) is 12.8. The van der Waals surface area contributed by atoms with Gasteiger partial charge in [-0.3, -0.25) is 0 Å². The molecule has 0 aromatic heterocycles. The largest absolute Gasteiger partial charge is 0.449 e. The highest BCUT2D eigenvalue weighted by Gasteiger charge is 2.22. The number of hydrogen-bond donors (Lipinski definition) is 2. The van der Waals surface area contributed by atoms with Crippen LogP contribution in [0.15, 0.2) is 10.2 Å². The van der Waals surface area contributed by atoms with Crippen LogP contribution in [0.5, 0.6) is 0 Å². The normalized spacial score (nSPS) is 11.4. The molecule has 0 saturated heterocycles. The van der Waals surface area contributed by atoms with E-state index in [1.165, 1.54) is 0 Å². The number of rotatable bonds is 13. The molecule has 0 spiro atoms. The third kappa shape index (κ3) is 15.2. The summed E-state index contributed by atoms with van der Waals surface area (Å²) in [6, 6.07) is 0. The Morgan fingerprint density at radius 2 is 1.56 bits per heavy atom. The SMILES string of the molecule is CC(CCNC(=O)OCCN=[N+]=[N-])CC(C)(C)CNC(=O)OCCN=[N+]=[N-]. The van der Waals surface area contributed by atoms with Gasteiger partial charge in [0, 0.05) is 22.9 Å². The Labute approximate surface area is 158 Å². The summed E-state index contributed by atoms with van der Waals surface area (Å²) in [6.45, 7) is 7.32. The van der Waals surface area contributed by atoms with Gasteiger partial charge in [0.1, 0.15) is 0 Å². The Bertz CT molecular complexity index is 556. The van der Waals surface area contributed by atoms with Gasteiger partial charge in [-0.2, -0.15) is 0 Å². The smallest absolute Gasteiger partial charge is 0.407 e. The third-order valence-corrected chi connectivity index (χ3v) is 3.49. The Kier molecular flexibility index (Phi) is 12.8. The molecule has 12 heteroatoms. The second-order valence-corrected chi connectivity index (χ2v) is 6.72. The van der Waals surface area contributed by atoms with Gasteiger partial charge in [0.15, 0.2) is 0 Å². The van der Waals surface area contributed by atoms with Crippen LogP contribution in [0.25, 0.3) is 20.9 Å². The topological polar surface area (TPSA) is 174 Å². The minimum Gasteiger partial charge on any atom is -0.449 e. The van der Waals surface area contributed by atoms with Crippen molar-refractivity contribution in [3.05, 3.63) is 20.9 Å². The maximum Gasteiger partial charge on any atom is 0.407 e. The van der Waals surface area contributed by atoms with E-state index in [1.54, 1.807) is 0 Å². The quantitative estimate of drug-likeness (QED) is 0.214. The van der Waals surface area contributed by atoms with Gasteiger partial charge in [-0.05, 0) is 35.2 Å². The highest BCUT2D eigenvalue weighted by atomic mass is 16.6. The number of hydrogen-bond acceptors (Lipinski definition) is 6. The summed E-state index contributed by atoms with van der Waals surface area (Å²) in [6.07, 6.45) is 0.499. The van der Waals surface area contributed by atoms with Crippen LogP contribution in [0.1, 0.15) is 33.6 Å². The lowest BCUT2D eigenvalue weighted by Crippen LogP contribution is -2.36. The molecule has 0 saturated carbocycles. The van der Waals surface area contributed by atoms with Crippen molar-refractivity contribution < 1.29 is 19.1 Å². The molecule has 1 unspecified atom stereocenters. The molecule has 0 aliphatic rings. The summed E-state index contributed by atoms with van der Waals surface area (Å²) in [7, 11) is 0. The zero-order valence-electron chi connectivity index (χ0n) is 16.1. The number of carbonyl (C=O) groups excluding carboxylic acids is 2. The van der Waals surface area contributed by atoms with Gasteiger partial charge in [0.2, 0.25) is 0 Å². The van der Waals surface area contributed by atoms with Crippen molar-refractivity contribution in [2.75, 3.05) is 39.4 Å². The molecule has 12 nitrogen and oxygen atoms in total. The van der Waals surface area contributed by atoms with Crippen molar-refractivity contribution in [2.24, 2.45) is 21.6 Å². The van der Waals surface area contributed by atoms with E-state index in [-0.39, 0.29) is 31.7 Å². The standard InChI is InChI=1S/C15H28N8O4/c1-12(4-5-18-13(24)26-8-6-20-22-16)10-15(2,3)11-19-14(25)27-9-7-21-23-17/h12H,4-11H2,1-3H3,(H,18,24)(H,19,25). The highest BCUT2D eigenvalue weighted by Crippen LogP contribution is 2.26. The number of nitrogens with zero attached hydrogens (tertiary/aromatic N) is 6. The first kappa shape index (κ1) is 24.2. The van der Waals surface area contributed by atoms with Crippen molar-refractivity contribution in [3.63, 3.8) is 0 Å². The summed E-state index contributed by atoms with van der Waals surface area (Å²) in [5.74, 6) is 0.311. The minimum absolute atomic E-state index is 0.0390. The Morgan fingerprint density at radius 3 is 2.07 bits per heavy atom. The average molecular weight is 384 g/mol. The monoisotopic (exact) mass is 384 g/mol. The molecular formula is C15H28N8O4. The molecule has 0 radical (unpaired) electrons. The lowest BCUT2D eigenvalue weighted by atomic mass is 9.82. The Balaban J connectivity index is 3.94. The summed E-state index contributed by atoms with van der Waals surface area (Å²) >= 11 is 0. The van der Waals surface area contributed by atoms with Gasteiger partial charge in [-0.25, -0.2) is 9.59 Å². The maximum atomic E-state index is 11.6. The van der Waals surface area contributed by atoms with E-state index in [0.29, 0.717) is 19.0 Å². The average Bonchev–Trinajstić information content (AvgIpc) is 2.60. The van der Waals surface area contributed by atoms with Gasteiger partial charge >= 0.3 is 12.2 Å². The van der Waals surface area contributed by atoms with E-state index in [0.717, 1.165) is 12.8 Å². The third-order valence-electron chi connectivity index (χ3n) is 3.49. The Morgan fingerprint density at radius 1 is 1.04 bits per heavy atom. The number of nitrogens with one attached hydrogen (secondary N) is 2. The fourth-order valence-electron chi connectivity index (χ4n) is 2.40. The molecule has 0 aromatic rings. The van der Waals surface area contributed by atoms with Gasteiger partial charge in [0.05, 0.1) is 26.3 Å². The molecule has 0 aliphatic carbocycles. The summed E-state index contributed by atoms with van der Waals surface area (Å²) < 4.78 is 9.72. The van der Waals surface area contributed by atoms with E-state index in [1.807, 2.05) is 13.8 Å². The van der Waals surface area contributed by atoms with E-state index in [4.69, 9.17) is 20.5 Å². The van der Waals surface area contributed by atoms with Crippen LogP contribution in [0.2, 0.25) is 0 Å². The van der Waals surface area contributed by atoms with Crippen LogP contribution in [0.4, 0.5) is 9.59 Å². The highest BCUT2D eigenvalue weighted by molar-refractivity contribution is 5.67. The lowest BCUT2D eigenvalue weighted by Gasteiger charge is -2.28. The molecule has 0 rings (SSSR count). The first-order valence-corrected chi connectivity index (χ1v) is 8.63. The molecule has 0 bridgehead atoms. The number of carbonyl (C=O) groups is 2. The first-order valence-electron chi connectivity index (χ1n) is 8.63. The fourth-order valence-corrected chi connectivity index (χ4v) is 2.40. The zero-order valence-corrected chi connectivity index (χ0v) is 16.1. The minimum atomic E-state index is -0.547. The van der Waals surface area contributed by atoms with Crippen molar-refractivity contribution in [3.8, 4) is 0 Å². The second kappa shape index (κ2) is 14.3. The van der Waals surface area contributed by atoms with Crippen molar-refractivity contribution in [2.45, 2.75) is 33.6 Å². The Hall–Kier alpha value is -2.84. The molecule has 0 heterocycles. The molecule has 0 aliphatic heterocycles. The molecule has 0 fully saturated rings. The number of amides is 2. The van der Waals surface area contributed by atoms with Crippen LogP contribution in [0, 0.1) is 11.3 Å². The van der Waals surface area contributed by atoms with Gasteiger partial charge in [-0.1, -0.05) is 31.0 Å². The summed E-state index contributed by atoms with van der Waals surface area (Å²) in [5.41, 5.74) is 16.1. The summed E-state index contributed by atoms with van der Waals surface area (Å²) in [5, 5.41) is 11.9. The van der Waals surface area contributed by atoms with Crippen LogP contribution in [-0.2, 0) is 9.47 Å². The van der Waals surface area contributed by atoms with Crippen LogP contribution < -0.4 is 10.6 Å². The summed E-state index contributed by atoms with van der Waals surface area (Å²) in [4.78, 5) is 28.1. The van der Waals surface area contributed by atoms with Crippen molar-refractivity contribution >= 4 is 12.2 Å². The lowest BCUT2D eigenvalue weighted by molar-refractivity contribution is 0.141. The molecule has 2 N–H and O–H groups in total. The van der Waals surface area contributed by atoms with Crippen LogP contribution >= 0.6 is 0 Å². The van der Waals surface area contributed by atoms with E-state index in [2.05, 4.69) is 37.6 Å². The molecule has 1 atom stereocenters. The van der Waals surface area contributed by atoms with E-state index >= 15 is 0 Å². The zero-order chi connectivity index (χ0) is 20.5. The van der Waals surface area contributed by atoms with Gasteiger partial charge in [0.25, 0.3) is 0 Å². The van der Waals surface area contributed by atoms with Crippen molar-refractivity contribution in [1.29, 1.82) is 0 Å². The molecule has 2 amide bonds. The number of azide groups is 2. The number of ether oxygens (including phenoxy) is 2. The fraction of sp³-hybridized carbons (Fsp3) is 0.867. The van der Waals surface area contributed by atoms with Gasteiger partial charge < -0.3 is 20.1 Å². The van der Waals surface area contributed by atoms with Crippen LogP contribution in [0.3, 0.4) is 0 Å².